The maximum atomic E-state index is 12.7. The summed E-state index contributed by atoms with van der Waals surface area (Å²) in [4.78, 5) is 12.9. The van der Waals surface area contributed by atoms with Crippen LogP contribution in [0.5, 0.6) is 0 Å². The summed E-state index contributed by atoms with van der Waals surface area (Å²) < 4.78 is 26.9. The zero-order valence-corrected chi connectivity index (χ0v) is 15.5. The molecular weight excluding hydrogens is 344 g/mol. The Bertz CT molecular complexity index is 748. The van der Waals surface area contributed by atoms with Gasteiger partial charge in [0.05, 0.1) is 9.77 Å². The maximum absolute atomic E-state index is 12.7. The Labute approximate surface area is 147 Å². The first-order valence-electron chi connectivity index (χ1n) is 7.94. The summed E-state index contributed by atoms with van der Waals surface area (Å²) in [6.07, 6.45) is 1.54. The lowest BCUT2D eigenvalue weighted by molar-refractivity contribution is 0.103. The molecule has 2 rings (SSSR count). The van der Waals surface area contributed by atoms with Crippen LogP contribution in [-0.2, 0) is 10.0 Å². The van der Waals surface area contributed by atoms with Crippen LogP contribution in [-0.4, -0.2) is 31.7 Å². The van der Waals surface area contributed by atoms with Gasteiger partial charge in [-0.3, -0.25) is 4.79 Å². The smallest absolute Gasteiger partial charge is 0.265 e. The first kappa shape index (κ1) is 18.6. The van der Waals surface area contributed by atoms with Gasteiger partial charge in [0.1, 0.15) is 0 Å². The molecule has 1 N–H and O–H groups in total. The van der Waals surface area contributed by atoms with E-state index in [9.17, 15) is 13.2 Å². The number of amides is 1. The minimum Gasteiger partial charge on any atom is -0.321 e. The third kappa shape index (κ3) is 4.43. The second-order valence-corrected chi connectivity index (χ2v) is 8.25. The first-order chi connectivity index (χ1) is 11.5. The van der Waals surface area contributed by atoms with Crippen LogP contribution >= 0.6 is 11.3 Å². The van der Waals surface area contributed by atoms with E-state index >= 15 is 0 Å². The highest BCUT2D eigenvalue weighted by Crippen LogP contribution is 2.20. The van der Waals surface area contributed by atoms with E-state index in [1.165, 1.54) is 27.8 Å². The van der Waals surface area contributed by atoms with Gasteiger partial charge in [0, 0.05) is 18.8 Å². The molecule has 0 bridgehead atoms. The van der Waals surface area contributed by atoms with Crippen molar-refractivity contribution in [1.29, 1.82) is 0 Å². The van der Waals surface area contributed by atoms with E-state index in [1.54, 1.807) is 18.2 Å². The normalized spacial score (nSPS) is 11.6. The molecule has 0 atom stereocenters. The highest BCUT2D eigenvalue weighted by atomic mass is 32.2. The van der Waals surface area contributed by atoms with Crippen LogP contribution < -0.4 is 5.32 Å². The molecule has 0 aliphatic heterocycles. The molecule has 1 aromatic heterocycles. The van der Waals surface area contributed by atoms with Gasteiger partial charge in [-0.25, -0.2) is 8.42 Å². The highest BCUT2D eigenvalue weighted by molar-refractivity contribution is 7.89. The van der Waals surface area contributed by atoms with E-state index in [1.807, 2.05) is 25.3 Å². The molecule has 0 unspecified atom stereocenters. The lowest BCUT2D eigenvalue weighted by Crippen LogP contribution is -2.32. The molecule has 0 fully saturated rings. The number of carbonyl (C=O) groups is 1. The molecule has 0 aliphatic rings. The lowest BCUT2D eigenvalue weighted by Gasteiger charge is -2.21. The second kappa shape index (κ2) is 8.41. The Morgan fingerprint density at radius 1 is 1.08 bits per heavy atom. The Morgan fingerprint density at radius 2 is 1.71 bits per heavy atom. The average Bonchev–Trinajstić information content (AvgIpc) is 3.10. The Kier molecular flexibility index (Phi) is 6.53. The van der Waals surface area contributed by atoms with Crippen molar-refractivity contribution >= 4 is 33.0 Å². The summed E-state index contributed by atoms with van der Waals surface area (Å²) in [5.74, 6) is -0.195. The molecule has 0 spiro atoms. The van der Waals surface area contributed by atoms with Gasteiger partial charge in [-0.2, -0.15) is 4.31 Å². The van der Waals surface area contributed by atoms with Crippen LogP contribution in [0, 0.1) is 0 Å². The molecular formula is C17H22N2O3S2. The van der Waals surface area contributed by atoms with E-state index in [0.29, 0.717) is 23.7 Å². The van der Waals surface area contributed by atoms with Gasteiger partial charge in [0.15, 0.2) is 0 Å². The van der Waals surface area contributed by atoms with Crippen molar-refractivity contribution in [2.24, 2.45) is 0 Å². The summed E-state index contributed by atoms with van der Waals surface area (Å²) in [5, 5.41) is 4.60. The minimum absolute atomic E-state index is 0.195. The van der Waals surface area contributed by atoms with Gasteiger partial charge < -0.3 is 5.32 Å². The molecule has 0 saturated carbocycles. The predicted octanol–water partition coefficient (Wildman–Crippen LogP) is 3.81. The Balaban J connectivity index is 2.14. The largest absolute Gasteiger partial charge is 0.321 e. The number of benzene rings is 1. The monoisotopic (exact) mass is 366 g/mol. The van der Waals surface area contributed by atoms with E-state index in [-0.39, 0.29) is 10.8 Å². The van der Waals surface area contributed by atoms with Crippen LogP contribution in [0.15, 0.2) is 46.7 Å². The van der Waals surface area contributed by atoms with Gasteiger partial charge in [-0.1, -0.05) is 19.9 Å². The van der Waals surface area contributed by atoms with Crippen molar-refractivity contribution in [3.05, 3.63) is 46.7 Å². The summed E-state index contributed by atoms with van der Waals surface area (Å²) in [5.41, 5.74) is 0.574. The lowest BCUT2D eigenvalue weighted by atomic mass is 10.3. The predicted molar refractivity (Wildman–Crippen MR) is 98.1 cm³/mol. The molecule has 0 aliphatic carbocycles. The molecule has 0 radical (unpaired) electrons. The molecule has 7 heteroatoms. The zero-order chi connectivity index (χ0) is 17.6. The number of carbonyl (C=O) groups excluding carboxylic acids is 1. The summed E-state index contributed by atoms with van der Waals surface area (Å²) in [7, 11) is -3.49. The number of rotatable bonds is 8. The van der Waals surface area contributed by atoms with Crippen molar-refractivity contribution in [3.8, 4) is 0 Å². The molecule has 24 heavy (non-hydrogen) atoms. The fraction of sp³-hybridized carbons (Fsp3) is 0.353. The van der Waals surface area contributed by atoms with Crippen LogP contribution in [0.4, 0.5) is 5.69 Å². The third-order valence-electron chi connectivity index (χ3n) is 3.44. The number of sulfonamides is 1. The van der Waals surface area contributed by atoms with Crippen LogP contribution in [0.3, 0.4) is 0 Å². The first-order valence-corrected chi connectivity index (χ1v) is 10.3. The Morgan fingerprint density at radius 3 is 2.21 bits per heavy atom. The highest BCUT2D eigenvalue weighted by Gasteiger charge is 2.22. The number of hydrogen-bond acceptors (Lipinski definition) is 4. The average molecular weight is 367 g/mol. The number of nitrogens with one attached hydrogen (secondary N) is 1. The fourth-order valence-corrected chi connectivity index (χ4v) is 4.55. The molecule has 0 saturated heterocycles. The van der Waals surface area contributed by atoms with Crippen LogP contribution in [0.2, 0.25) is 0 Å². The van der Waals surface area contributed by atoms with Gasteiger partial charge in [-0.05, 0) is 48.6 Å². The number of thiophene rings is 1. The third-order valence-corrected chi connectivity index (χ3v) is 6.22. The number of hydrogen-bond donors (Lipinski definition) is 1. The van der Waals surface area contributed by atoms with Gasteiger partial charge in [0.25, 0.3) is 5.91 Å². The maximum Gasteiger partial charge on any atom is 0.265 e. The van der Waals surface area contributed by atoms with Gasteiger partial charge >= 0.3 is 0 Å². The summed E-state index contributed by atoms with van der Waals surface area (Å²) >= 11 is 1.36. The van der Waals surface area contributed by atoms with E-state index in [0.717, 1.165) is 12.8 Å². The number of anilines is 1. The zero-order valence-electron chi connectivity index (χ0n) is 13.9. The minimum atomic E-state index is -3.49. The molecule has 1 amide bonds. The standard InChI is InChI=1S/C17H22N2O3S2/c1-3-11-19(12-4-2)24(21,22)15-9-7-14(8-10-15)18-17(20)16-6-5-13-23-16/h5-10,13H,3-4,11-12H2,1-2H3,(H,18,20). The SMILES string of the molecule is CCCN(CCC)S(=O)(=O)c1ccc(NC(=O)c2cccs2)cc1. The van der Waals surface area contributed by atoms with Crippen LogP contribution in [0.1, 0.15) is 36.4 Å². The second-order valence-electron chi connectivity index (χ2n) is 5.36. The van der Waals surface area contributed by atoms with Crippen LogP contribution in [0.25, 0.3) is 0 Å². The molecule has 1 heterocycles. The van der Waals surface area contributed by atoms with Crippen molar-refractivity contribution in [1.82, 2.24) is 4.31 Å². The van der Waals surface area contributed by atoms with E-state index < -0.39 is 10.0 Å². The van der Waals surface area contributed by atoms with E-state index in [4.69, 9.17) is 0 Å². The topological polar surface area (TPSA) is 66.5 Å². The van der Waals surface area contributed by atoms with Gasteiger partial charge in [0.2, 0.25) is 10.0 Å². The summed E-state index contributed by atoms with van der Waals surface area (Å²) in [6.45, 7) is 4.93. The molecule has 1 aromatic carbocycles. The number of nitrogens with zero attached hydrogens (tertiary/aromatic N) is 1. The molecule has 2 aromatic rings. The van der Waals surface area contributed by atoms with Crippen molar-refractivity contribution in [2.45, 2.75) is 31.6 Å². The Hall–Kier alpha value is -1.70. The van der Waals surface area contributed by atoms with Crippen molar-refractivity contribution in [3.63, 3.8) is 0 Å². The van der Waals surface area contributed by atoms with Crippen molar-refractivity contribution in [2.75, 3.05) is 18.4 Å². The molecule has 5 nitrogen and oxygen atoms in total. The van der Waals surface area contributed by atoms with Crippen molar-refractivity contribution < 1.29 is 13.2 Å². The fourth-order valence-electron chi connectivity index (χ4n) is 2.31. The quantitative estimate of drug-likeness (QED) is 0.772. The van der Waals surface area contributed by atoms with Gasteiger partial charge in [-0.15, -0.1) is 11.3 Å². The van der Waals surface area contributed by atoms with E-state index in [2.05, 4.69) is 5.32 Å². The summed E-state index contributed by atoms with van der Waals surface area (Å²) in [6, 6.07) is 9.87. The molecule has 130 valence electrons.